The molecule has 1 aliphatic rings. The molecule has 1 aromatic heterocycles. The van der Waals surface area contributed by atoms with Gasteiger partial charge in [-0.3, -0.25) is 14.7 Å². The Morgan fingerprint density at radius 3 is 2.52 bits per heavy atom. The number of carbonyl (C=O) groups excluding carboxylic acids is 2. The van der Waals surface area contributed by atoms with Crippen LogP contribution in [0.25, 0.3) is 0 Å². The van der Waals surface area contributed by atoms with Crippen LogP contribution in [0.1, 0.15) is 45.6 Å². The lowest BCUT2D eigenvalue weighted by Crippen LogP contribution is -2.18. The quantitative estimate of drug-likeness (QED) is 0.788. The summed E-state index contributed by atoms with van der Waals surface area (Å²) in [5, 5.41) is 11.9. The molecule has 1 heterocycles. The Balaban J connectivity index is 1.67. The van der Waals surface area contributed by atoms with Crippen LogP contribution in [0.4, 0.5) is 5.69 Å². The molecule has 1 aromatic carbocycles. The molecule has 0 aliphatic heterocycles. The van der Waals surface area contributed by atoms with Gasteiger partial charge in [-0.25, -0.2) is 4.98 Å². The minimum atomic E-state index is -0.370. The summed E-state index contributed by atoms with van der Waals surface area (Å²) in [5.74, 6) is 0.787. The summed E-state index contributed by atoms with van der Waals surface area (Å²) in [6.07, 6.45) is 2.19. The second-order valence-corrected chi connectivity index (χ2v) is 4.93. The Bertz CT molecular complexity index is 673. The number of rotatable bonds is 4. The molecule has 3 rings (SSSR count). The maximum Gasteiger partial charge on any atom is 0.295 e. The lowest BCUT2D eigenvalue weighted by atomic mass is 10.2. The molecule has 2 amide bonds. The molecule has 3 N–H and O–H groups in total. The Morgan fingerprint density at radius 2 is 1.90 bits per heavy atom. The zero-order valence-corrected chi connectivity index (χ0v) is 11.5. The van der Waals surface area contributed by atoms with Crippen molar-refractivity contribution in [3.8, 4) is 0 Å². The van der Waals surface area contributed by atoms with Gasteiger partial charge in [-0.1, -0.05) is 0 Å². The number of anilines is 1. The van der Waals surface area contributed by atoms with Gasteiger partial charge in [-0.2, -0.15) is 0 Å². The highest BCUT2D eigenvalue weighted by Crippen LogP contribution is 2.37. The van der Waals surface area contributed by atoms with Crippen molar-refractivity contribution in [3.05, 3.63) is 41.5 Å². The maximum atomic E-state index is 12.0. The Kier molecular flexibility index (Phi) is 3.39. The smallest absolute Gasteiger partial charge is 0.295 e. The molecular weight excluding hydrogens is 270 g/mol. The van der Waals surface area contributed by atoms with E-state index >= 15 is 0 Å². The van der Waals surface area contributed by atoms with Gasteiger partial charge in [0.2, 0.25) is 5.82 Å². The Labute approximate surface area is 121 Å². The van der Waals surface area contributed by atoms with Crippen LogP contribution in [0.3, 0.4) is 0 Å². The SMILES string of the molecule is CNC(=O)c1ccc(NC(=O)c2n[nH]c(C3CC3)n2)cc1. The molecular formula is C14H15N5O2. The van der Waals surface area contributed by atoms with Crippen molar-refractivity contribution in [2.75, 3.05) is 12.4 Å². The van der Waals surface area contributed by atoms with Crippen LogP contribution in [0.2, 0.25) is 0 Å². The fourth-order valence-corrected chi connectivity index (χ4v) is 1.95. The number of H-pyrrole nitrogens is 1. The third kappa shape index (κ3) is 2.91. The summed E-state index contributed by atoms with van der Waals surface area (Å²) in [5.41, 5.74) is 1.12. The van der Waals surface area contributed by atoms with Crippen LogP contribution in [-0.2, 0) is 0 Å². The number of aromatic nitrogens is 3. The van der Waals surface area contributed by atoms with E-state index in [-0.39, 0.29) is 17.6 Å². The first-order chi connectivity index (χ1) is 10.2. The number of carbonyl (C=O) groups is 2. The molecule has 0 unspecified atom stereocenters. The van der Waals surface area contributed by atoms with Crippen LogP contribution < -0.4 is 10.6 Å². The van der Waals surface area contributed by atoms with E-state index in [0.717, 1.165) is 18.7 Å². The summed E-state index contributed by atoms with van der Waals surface area (Å²) in [6.45, 7) is 0. The molecule has 7 heteroatoms. The molecule has 21 heavy (non-hydrogen) atoms. The summed E-state index contributed by atoms with van der Waals surface area (Å²) in [6, 6.07) is 6.61. The lowest BCUT2D eigenvalue weighted by molar-refractivity contribution is 0.0962. The van der Waals surface area contributed by atoms with E-state index in [1.165, 1.54) is 0 Å². The van der Waals surface area contributed by atoms with Crippen molar-refractivity contribution < 1.29 is 9.59 Å². The molecule has 0 spiro atoms. The standard InChI is InChI=1S/C14H15N5O2/c1-15-13(20)9-4-6-10(7-5-9)16-14(21)12-17-11(18-19-12)8-2-3-8/h4-8H,2-3H2,1H3,(H,15,20)(H,16,21)(H,17,18,19). The van der Waals surface area contributed by atoms with E-state index in [0.29, 0.717) is 17.2 Å². The molecule has 108 valence electrons. The second-order valence-electron chi connectivity index (χ2n) is 4.93. The van der Waals surface area contributed by atoms with Gasteiger partial charge < -0.3 is 10.6 Å². The summed E-state index contributed by atoms with van der Waals surface area (Å²) in [4.78, 5) is 27.6. The topological polar surface area (TPSA) is 99.8 Å². The molecule has 1 saturated carbocycles. The minimum Gasteiger partial charge on any atom is -0.355 e. The van der Waals surface area contributed by atoms with Gasteiger partial charge >= 0.3 is 0 Å². The predicted octanol–water partition coefficient (Wildman–Crippen LogP) is 1.29. The van der Waals surface area contributed by atoms with Gasteiger partial charge in [-0.05, 0) is 37.1 Å². The van der Waals surface area contributed by atoms with Crippen molar-refractivity contribution in [1.82, 2.24) is 20.5 Å². The van der Waals surface area contributed by atoms with Crippen LogP contribution in [0.15, 0.2) is 24.3 Å². The first-order valence-electron chi connectivity index (χ1n) is 6.73. The second kappa shape index (κ2) is 5.35. The summed E-state index contributed by atoms with van der Waals surface area (Å²) < 4.78 is 0. The number of benzene rings is 1. The summed E-state index contributed by atoms with van der Waals surface area (Å²) >= 11 is 0. The zero-order chi connectivity index (χ0) is 14.8. The van der Waals surface area contributed by atoms with E-state index in [1.807, 2.05) is 0 Å². The molecule has 1 fully saturated rings. The van der Waals surface area contributed by atoms with E-state index in [2.05, 4.69) is 25.8 Å². The number of hydrogen-bond donors (Lipinski definition) is 3. The van der Waals surface area contributed by atoms with Crippen molar-refractivity contribution in [3.63, 3.8) is 0 Å². The van der Waals surface area contributed by atoms with Gasteiger partial charge in [0, 0.05) is 24.2 Å². The molecule has 2 aromatic rings. The fourth-order valence-electron chi connectivity index (χ4n) is 1.95. The van der Waals surface area contributed by atoms with E-state index in [9.17, 15) is 9.59 Å². The van der Waals surface area contributed by atoms with Gasteiger partial charge in [0.1, 0.15) is 5.82 Å². The number of aromatic amines is 1. The highest BCUT2D eigenvalue weighted by Gasteiger charge is 2.28. The van der Waals surface area contributed by atoms with E-state index in [4.69, 9.17) is 0 Å². The molecule has 7 nitrogen and oxygen atoms in total. The number of nitrogens with zero attached hydrogens (tertiary/aromatic N) is 2. The maximum absolute atomic E-state index is 12.0. The monoisotopic (exact) mass is 285 g/mol. The molecule has 0 saturated heterocycles. The van der Waals surface area contributed by atoms with Gasteiger partial charge in [0.25, 0.3) is 11.8 Å². The molecule has 0 radical (unpaired) electrons. The van der Waals surface area contributed by atoms with E-state index in [1.54, 1.807) is 31.3 Å². The molecule has 1 aliphatic carbocycles. The highest BCUT2D eigenvalue weighted by molar-refractivity contribution is 6.02. The minimum absolute atomic E-state index is 0.132. The number of amides is 2. The van der Waals surface area contributed by atoms with E-state index < -0.39 is 0 Å². The average Bonchev–Trinajstić information content (AvgIpc) is 3.24. The van der Waals surface area contributed by atoms with Crippen molar-refractivity contribution >= 4 is 17.5 Å². The van der Waals surface area contributed by atoms with Crippen molar-refractivity contribution in [2.45, 2.75) is 18.8 Å². The molecule has 0 bridgehead atoms. The Hall–Kier alpha value is -2.70. The predicted molar refractivity (Wildman–Crippen MR) is 76.1 cm³/mol. The van der Waals surface area contributed by atoms with Crippen LogP contribution >= 0.6 is 0 Å². The van der Waals surface area contributed by atoms with Crippen molar-refractivity contribution in [1.29, 1.82) is 0 Å². The highest BCUT2D eigenvalue weighted by atomic mass is 16.2. The Morgan fingerprint density at radius 1 is 1.19 bits per heavy atom. The third-order valence-electron chi connectivity index (χ3n) is 3.30. The normalized spacial score (nSPS) is 13.8. The lowest BCUT2D eigenvalue weighted by Gasteiger charge is -2.04. The largest absolute Gasteiger partial charge is 0.355 e. The number of nitrogens with one attached hydrogen (secondary N) is 3. The molecule has 0 atom stereocenters. The van der Waals surface area contributed by atoms with Crippen LogP contribution in [0, 0.1) is 0 Å². The summed E-state index contributed by atoms with van der Waals surface area (Å²) in [7, 11) is 1.57. The van der Waals surface area contributed by atoms with Gasteiger partial charge in [0.05, 0.1) is 0 Å². The fraction of sp³-hybridized carbons (Fsp3) is 0.286. The van der Waals surface area contributed by atoms with Crippen LogP contribution in [-0.4, -0.2) is 34.0 Å². The van der Waals surface area contributed by atoms with Crippen molar-refractivity contribution in [2.24, 2.45) is 0 Å². The first kappa shape index (κ1) is 13.3. The number of hydrogen-bond acceptors (Lipinski definition) is 4. The third-order valence-corrected chi connectivity index (χ3v) is 3.30. The van der Waals surface area contributed by atoms with Crippen LogP contribution in [0.5, 0.6) is 0 Å². The first-order valence-corrected chi connectivity index (χ1v) is 6.73. The zero-order valence-electron chi connectivity index (χ0n) is 11.5. The average molecular weight is 285 g/mol. The van der Waals surface area contributed by atoms with Gasteiger partial charge in [0.15, 0.2) is 0 Å². The van der Waals surface area contributed by atoms with Gasteiger partial charge in [-0.15, -0.1) is 5.10 Å².